The van der Waals surface area contributed by atoms with E-state index in [1.165, 1.54) is 17.0 Å². The predicted octanol–water partition coefficient (Wildman–Crippen LogP) is 2.10. The van der Waals surface area contributed by atoms with E-state index in [1.807, 2.05) is 0 Å². The molecule has 3 amide bonds. The first-order valence-corrected chi connectivity index (χ1v) is 10.3. The van der Waals surface area contributed by atoms with E-state index in [0.717, 1.165) is 30.5 Å². The number of piperazine rings is 1. The predicted molar refractivity (Wildman–Crippen MR) is 101 cm³/mol. The van der Waals surface area contributed by atoms with Crippen molar-refractivity contribution in [3.63, 3.8) is 0 Å². The molecule has 6 nitrogen and oxygen atoms in total. The molecule has 0 N–H and O–H groups in total. The van der Waals surface area contributed by atoms with E-state index in [-0.39, 0.29) is 17.7 Å². The third-order valence-electron chi connectivity index (χ3n) is 6.23. The van der Waals surface area contributed by atoms with Gasteiger partial charge in [0.25, 0.3) is 0 Å². The molecule has 2 aliphatic heterocycles. The second-order valence-corrected chi connectivity index (χ2v) is 8.19. The van der Waals surface area contributed by atoms with Gasteiger partial charge in [-0.2, -0.15) is 13.2 Å². The minimum atomic E-state index is -4.37. The lowest BCUT2D eigenvalue weighted by Crippen LogP contribution is -2.54. The highest BCUT2D eigenvalue weighted by Crippen LogP contribution is 2.49. The smallest absolute Gasteiger partial charge is 0.339 e. The first-order chi connectivity index (χ1) is 14.3. The Kier molecular flexibility index (Phi) is 5.46. The summed E-state index contributed by atoms with van der Waals surface area (Å²) in [7, 11) is 0. The Morgan fingerprint density at radius 3 is 1.80 bits per heavy atom. The van der Waals surface area contributed by atoms with Gasteiger partial charge in [-0.3, -0.25) is 14.4 Å². The minimum Gasteiger partial charge on any atom is -0.339 e. The Labute approximate surface area is 172 Å². The number of benzene rings is 1. The Morgan fingerprint density at radius 1 is 0.767 bits per heavy atom. The number of carbonyl (C=O) groups is 3. The van der Waals surface area contributed by atoms with E-state index in [1.54, 1.807) is 9.80 Å². The SMILES string of the molecule is O=C(C(=O)N1CCN(C(=O)C2CC2c2ccc(C(F)(F)F)cc2)CC1)N1CCCC1. The standard InChI is InChI=1S/C21H24F3N3O3/c22-21(23,24)15-5-3-14(4-6-15)16-13-17(16)18(28)26-9-11-27(12-10-26)20(30)19(29)25-7-1-2-8-25/h3-6,16-17H,1-2,7-13H2. The number of amides is 3. The van der Waals surface area contributed by atoms with Crippen LogP contribution >= 0.6 is 0 Å². The van der Waals surface area contributed by atoms with Crippen LogP contribution in [0.5, 0.6) is 0 Å². The van der Waals surface area contributed by atoms with Crippen molar-refractivity contribution in [2.24, 2.45) is 5.92 Å². The lowest BCUT2D eigenvalue weighted by Gasteiger charge is -2.35. The fourth-order valence-corrected chi connectivity index (χ4v) is 4.31. The molecule has 3 fully saturated rings. The van der Waals surface area contributed by atoms with Crippen molar-refractivity contribution in [1.29, 1.82) is 0 Å². The number of rotatable bonds is 2. The third-order valence-corrected chi connectivity index (χ3v) is 6.23. The second kappa shape index (κ2) is 7.92. The van der Waals surface area contributed by atoms with Crippen molar-refractivity contribution in [3.05, 3.63) is 35.4 Å². The van der Waals surface area contributed by atoms with Crippen LogP contribution in [-0.4, -0.2) is 71.7 Å². The van der Waals surface area contributed by atoms with Crippen LogP contribution < -0.4 is 0 Å². The summed E-state index contributed by atoms with van der Waals surface area (Å²) in [4.78, 5) is 42.2. The molecule has 9 heteroatoms. The summed E-state index contributed by atoms with van der Waals surface area (Å²) in [6, 6.07) is 5.00. The molecule has 0 radical (unpaired) electrons. The van der Waals surface area contributed by atoms with Crippen molar-refractivity contribution in [2.75, 3.05) is 39.3 Å². The number of hydrogen-bond acceptors (Lipinski definition) is 3. The van der Waals surface area contributed by atoms with Gasteiger partial charge in [0.15, 0.2) is 0 Å². The van der Waals surface area contributed by atoms with Crippen molar-refractivity contribution in [3.8, 4) is 0 Å². The van der Waals surface area contributed by atoms with Crippen molar-refractivity contribution in [2.45, 2.75) is 31.4 Å². The number of carbonyl (C=O) groups excluding carboxylic acids is 3. The van der Waals surface area contributed by atoms with Crippen LogP contribution in [0, 0.1) is 5.92 Å². The van der Waals surface area contributed by atoms with Crippen LogP contribution in [0.25, 0.3) is 0 Å². The van der Waals surface area contributed by atoms with Gasteiger partial charge < -0.3 is 14.7 Å². The summed E-state index contributed by atoms with van der Waals surface area (Å²) in [5.74, 6) is -1.28. The van der Waals surface area contributed by atoms with Gasteiger partial charge in [-0.15, -0.1) is 0 Å². The molecule has 2 saturated heterocycles. The first-order valence-electron chi connectivity index (χ1n) is 10.3. The minimum absolute atomic E-state index is 0.0298. The highest BCUT2D eigenvalue weighted by Gasteiger charge is 2.46. The van der Waals surface area contributed by atoms with Gasteiger partial charge in [-0.25, -0.2) is 0 Å². The van der Waals surface area contributed by atoms with Crippen LogP contribution in [0.15, 0.2) is 24.3 Å². The van der Waals surface area contributed by atoms with Crippen molar-refractivity contribution in [1.82, 2.24) is 14.7 Å². The van der Waals surface area contributed by atoms with E-state index in [0.29, 0.717) is 45.7 Å². The molecule has 3 aliphatic rings. The first kappa shape index (κ1) is 20.7. The van der Waals surface area contributed by atoms with Crippen LogP contribution in [-0.2, 0) is 20.6 Å². The number of nitrogens with zero attached hydrogens (tertiary/aromatic N) is 3. The topological polar surface area (TPSA) is 60.9 Å². The van der Waals surface area contributed by atoms with Crippen LogP contribution in [0.4, 0.5) is 13.2 Å². The molecule has 1 aliphatic carbocycles. The fourth-order valence-electron chi connectivity index (χ4n) is 4.31. The van der Waals surface area contributed by atoms with Gasteiger partial charge >= 0.3 is 18.0 Å². The zero-order valence-electron chi connectivity index (χ0n) is 16.5. The number of halogens is 3. The highest BCUT2D eigenvalue weighted by molar-refractivity contribution is 6.35. The van der Waals surface area contributed by atoms with E-state index >= 15 is 0 Å². The van der Waals surface area contributed by atoms with E-state index in [4.69, 9.17) is 0 Å². The quantitative estimate of drug-likeness (QED) is 0.685. The monoisotopic (exact) mass is 423 g/mol. The molecule has 0 spiro atoms. The molecular formula is C21H24F3N3O3. The molecule has 1 saturated carbocycles. The summed E-state index contributed by atoms with van der Waals surface area (Å²) in [6.07, 6.45) is -1.91. The third kappa shape index (κ3) is 4.15. The molecular weight excluding hydrogens is 399 g/mol. The van der Waals surface area contributed by atoms with E-state index in [2.05, 4.69) is 0 Å². The van der Waals surface area contributed by atoms with Gasteiger partial charge in [0.2, 0.25) is 5.91 Å². The van der Waals surface area contributed by atoms with Gasteiger partial charge in [0.05, 0.1) is 5.56 Å². The highest BCUT2D eigenvalue weighted by atomic mass is 19.4. The normalized spacial score (nSPS) is 24.2. The van der Waals surface area contributed by atoms with Gasteiger partial charge in [0, 0.05) is 45.2 Å². The molecule has 2 unspecified atom stereocenters. The number of alkyl halides is 3. The Bertz CT molecular complexity index is 826. The summed E-state index contributed by atoms with van der Waals surface area (Å²) in [6.45, 7) is 2.62. The van der Waals surface area contributed by atoms with Crippen LogP contribution in [0.1, 0.15) is 36.3 Å². The van der Waals surface area contributed by atoms with Crippen molar-refractivity contribution < 1.29 is 27.6 Å². The average Bonchev–Trinajstić information content (AvgIpc) is 3.35. The molecule has 30 heavy (non-hydrogen) atoms. The molecule has 1 aromatic rings. The molecule has 162 valence electrons. The van der Waals surface area contributed by atoms with Gasteiger partial charge in [0.1, 0.15) is 0 Å². The molecule has 0 aromatic heterocycles. The van der Waals surface area contributed by atoms with Gasteiger partial charge in [-0.05, 0) is 42.9 Å². The largest absolute Gasteiger partial charge is 0.416 e. The molecule has 2 heterocycles. The number of likely N-dealkylation sites (tertiary alicyclic amines) is 1. The maximum Gasteiger partial charge on any atom is 0.416 e. The van der Waals surface area contributed by atoms with E-state index in [9.17, 15) is 27.6 Å². The zero-order chi connectivity index (χ0) is 21.5. The van der Waals surface area contributed by atoms with Gasteiger partial charge in [-0.1, -0.05) is 12.1 Å². The zero-order valence-corrected chi connectivity index (χ0v) is 16.5. The average molecular weight is 423 g/mol. The van der Waals surface area contributed by atoms with E-state index < -0.39 is 23.6 Å². The molecule has 0 bridgehead atoms. The summed E-state index contributed by atoms with van der Waals surface area (Å²) in [5, 5.41) is 0. The van der Waals surface area contributed by atoms with Crippen molar-refractivity contribution >= 4 is 17.7 Å². The summed E-state index contributed by atoms with van der Waals surface area (Å²) in [5.41, 5.74) is 0.0467. The summed E-state index contributed by atoms with van der Waals surface area (Å²) < 4.78 is 38.1. The van der Waals surface area contributed by atoms with Crippen LogP contribution in [0.3, 0.4) is 0 Å². The molecule has 2 atom stereocenters. The maximum absolute atomic E-state index is 12.8. The Balaban J connectivity index is 1.28. The Hall–Kier alpha value is -2.58. The lowest BCUT2D eigenvalue weighted by molar-refractivity contribution is -0.153. The fraction of sp³-hybridized carbons (Fsp3) is 0.571. The molecule has 4 rings (SSSR count). The number of hydrogen-bond donors (Lipinski definition) is 0. The van der Waals surface area contributed by atoms with Crippen LogP contribution in [0.2, 0.25) is 0 Å². The lowest BCUT2D eigenvalue weighted by atomic mass is 10.1. The Morgan fingerprint density at radius 2 is 1.27 bits per heavy atom. The summed E-state index contributed by atoms with van der Waals surface area (Å²) >= 11 is 0. The maximum atomic E-state index is 12.8. The molecule has 1 aromatic carbocycles. The second-order valence-electron chi connectivity index (χ2n) is 8.19.